The zero-order valence-electron chi connectivity index (χ0n) is 20.9. The smallest absolute Gasteiger partial charge is 0.261 e. The van der Waals surface area contributed by atoms with Crippen LogP contribution in [0.1, 0.15) is 48.5 Å². The van der Waals surface area contributed by atoms with Gasteiger partial charge in [-0.2, -0.15) is 0 Å². The summed E-state index contributed by atoms with van der Waals surface area (Å²) < 4.78 is 22.4. The highest BCUT2D eigenvalue weighted by Gasteiger charge is 2.53. The van der Waals surface area contributed by atoms with Crippen molar-refractivity contribution in [2.75, 3.05) is 6.54 Å². The summed E-state index contributed by atoms with van der Waals surface area (Å²) in [6, 6.07) is 5.00. The second kappa shape index (κ2) is 13.5. The van der Waals surface area contributed by atoms with Crippen LogP contribution in [-0.4, -0.2) is 65.5 Å². The third-order valence-corrected chi connectivity index (χ3v) is 16.8. The average molecular weight is 508 g/mol. The van der Waals surface area contributed by atoms with Crippen molar-refractivity contribution in [2.24, 2.45) is 5.73 Å². The molecule has 32 heavy (non-hydrogen) atoms. The van der Waals surface area contributed by atoms with Gasteiger partial charge in [0, 0.05) is 13.5 Å². The maximum atomic E-state index is 12.7. The summed E-state index contributed by atoms with van der Waals surface area (Å²) in [5.41, 5.74) is 6.14. The number of nitrogens with two attached hydrogens (primary N) is 1. The van der Waals surface area contributed by atoms with Crippen molar-refractivity contribution in [2.45, 2.75) is 115 Å². The Balaban J connectivity index is 3.61. The number of amides is 2. The van der Waals surface area contributed by atoms with Crippen LogP contribution in [0.4, 0.5) is 0 Å². The van der Waals surface area contributed by atoms with Crippen LogP contribution in [0.25, 0.3) is 0 Å². The SMILES string of the molecule is CC[Si](CC)(CC)O[C@@H]1C(CN)O[C@@H](C(=O)NS)C(NC(C)=O)[C@H]1O[Si](CC)(CC)CC. The zero-order valence-corrected chi connectivity index (χ0v) is 23.8. The van der Waals surface area contributed by atoms with Crippen LogP contribution in [-0.2, 0) is 23.2 Å². The van der Waals surface area contributed by atoms with Crippen molar-refractivity contribution in [3.05, 3.63) is 0 Å². The van der Waals surface area contributed by atoms with E-state index >= 15 is 0 Å². The minimum absolute atomic E-state index is 0.189. The molecule has 188 valence electrons. The van der Waals surface area contributed by atoms with Crippen molar-refractivity contribution in [1.82, 2.24) is 10.0 Å². The summed E-state index contributed by atoms with van der Waals surface area (Å²) in [6.07, 6.45) is -2.47. The fourth-order valence-corrected chi connectivity index (χ4v) is 10.5. The van der Waals surface area contributed by atoms with Gasteiger partial charge in [-0.15, -0.1) is 0 Å². The molecule has 2 amide bonds. The Kier molecular flexibility index (Phi) is 12.4. The molecule has 5 atom stereocenters. The number of hydrogen-bond donors (Lipinski definition) is 4. The van der Waals surface area contributed by atoms with Gasteiger partial charge >= 0.3 is 0 Å². The lowest BCUT2D eigenvalue weighted by Crippen LogP contribution is -2.71. The van der Waals surface area contributed by atoms with Gasteiger partial charge in [0.1, 0.15) is 0 Å². The first kappa shape index (κ1) is 29.6. The van der Waals surface area contributed by atoms with E-state index in [1.807, 2.05) is 0 Å². The monoisotopic (exact) mass is 507 g/mol. The lowest BCUT2D eigenvalue weighted by Gasteiger charge is -2.51. The van der Waals surface area contributed by atoms with Crippen molar-refractivity contribution in [3.63, 3.8) is 0 Å². The number of hydrogen-bond acceptors (Lipinski definition) is 7. The molecule has 0 saturated carbocycles. The largest absolute Gasteiger partial charge is 0.409 e. The Morgan fingerprint density at radius 3 is 1.69 bits per heavy atom. The first-order valence-electron chi connectivity index (χ1n) is 12.1. The highest BCUT2D eigenvalue weighted by Crippen LogP contribution is 2.35. The molecule has 0 aromatic carbocycles. The van der Waals surface area contributed by atoms with Crippen molar-refractivity contribution in [1.29, 1.82) is 0 Å². The molecule has 1 fully saturated rings. The van der Waals surface area contributed by atoms with Crippen LogP contribution >= 0.6 is 12.8 Å². The molecule has 0 spiro atoms. The van der Waals surface area contributed by atoms with E-state index in [0.717, 1.165) is 36.3 Å². The standard InChI is InChI=1S/C21H45N3O5SSi2/c1-8-31(9-2,10-3)28-18-16(14-22)27-20(21(26)24-30)17(23-15(7)25)19(18)29-32(11-4,12-5)13-6/h16-20,30H,8-14,22H2,1-7H3,(H,23,25)(H,24,26)/t16?,17?,18-,19-,20-/m1/s1. The van der Waals surface area contributed by atoms with Gasteiger partial charge in [0.05, 0.1) is 24.4 Å². The molecule has 1 saturated heterocycles. The van der Waals surface area contributed by atoms with Crippen molar-refractivity contribution in [3.8, 4) is 0 Å². The van der Waals surface area contributed by atoms with Gasteiger partial charge in [-0.25, -0.2) is 0 Å². The second-order valence-electron chi connectivity index (χ2n) is 8.69. The normalized spacial score (nSPS) is 26.6. The highest BCUT2D eigenvalue weighted by atomic mass is 32.1. The molecule has 0 radical (unpaired) electrons. The first-order chi connectivity index (χ1) is 15.1. The Morgan fingerprint density at radius 2 is 1.34 bits per heavy atom. The maximum absolute atomic E-state index is 12.7. The summed E-state index contributed by atoms with van der Waals surface area (Å²) in [7, 11) is -4.19. The van der Waals surface area contributed by atoms with E-state index in [1.54, 1.807) is 0 Å². The summed E-state index contributed by atoms with van der Waals surface area (Å²) >= 11 is 3.94. The number of carbonyl (C=O) groups is 2. The molecular weight excluding hydrogens is 462 g/mol. The second-order valence-corrected chi connectivity index (χ2v) is 18.4. The van der Waals surface area contributed by atoms with Crippen LogP contribution in [0.3, 0.4) is 0 Å². The predicted octanol–water partition coefficient (Wildman–Crippen LogP) is 2.96. The predicted molar refractivity (Wildman–Crippen MR) is 137 cm³/mol. The van der Waals surface area contributed by atoms with Crippen LogP contribution < -0.4 is 15.8 Å². The average Bonchev–Trinajstić information content (AvgIpc) is 2.81. The van der Waals surface area contributed by atoms with E-state index < -0.39 is 53.0 Å². The molecular formula is C21H45N3O5SSi2. The van der Waals surface area contributed by atoms with Gasteiger partial charge in [0.15, 0.2) is 22.7 Å². The Morgan fingerprint density at radius 1 is 0.906 bits per heavy atom. The quantitative estimate of drug-likeness (QED) is 0.225. The summed E-state index contributed by atoms with van der Waals surface area (Å²) in [6.45, 7) is 14.6. The molecule has 1 aliphatic rings. The fraction of sp³-hybridized carbons (Fsp3) is 0.905. The van der Waals surface area contributed by atoms with E-state index in [0.29, 0.717) is 0 Å². The molecule has 0 aromatic heterocycles. The van der Waals surface area contributed by atoms with Crippen LogP contribution in [0.2, 0.25) is 36.3 Å². The Bertz CT molecular complexity index is 591. The molecule has 0 bridgehead atoms. The molecule has 1 rings (SSSR count). The van der Waals surface area contributed by atoms with Crippen LogP contribution in [0.15, 0.2) is 0 Å². The van der Waals surface area contributed by atoms with E-state index in [1.165, 1.54) is 6.92 Å². The van der Waals surface area contributed by atoms with Crippen molar-refractivity contribution < 1.29 is 23.2 Å². The first-order valence-corrected chi connectivity index (χ1v) is 17.6. The fourth-order valence-electron chi connectivity index (χ4n) is 4.67. The van der Waals surface area contributed by atoms with Gasteiger partial charge < -0.3 is 29.4 Å². The maximum Gasteiger partial charge on any atom is 0.261 e. The molecule has 1 aliphatic heterocycles. The molecule has 2 unspecified atom stereocenters. The summed E-state index contributed by atoms with van der Waals surface area (Å²) in [4.78, 5) is 24.9. The van der Waals surface area contributed by atoms with Gasteiger partial charge in [0.25, 0.3) is 5.91 Å². The minimum atomic E-state index is -2.13. The van der Waals surface area contributed by atoms with Gasteiger partial charge in [-0.1, -0.05) is 54.4 Å². The number of carbonyl (C=O) groups excluding carboxylic acids is 2. The van der Waals surface area contributed by atoms with E-state index in [4.69, 9.17) is 19.3 Å². The molecule has 0 aliphatic carbocycles. The Hall–Kier alpha value is -0.436. The number of nitrogens with one attached hydrogen (secondary N) is 2. The highest BCUT2D eigenvalue weighted by molar-refractivity contribution is 7.78. The summed E-state index contributed by atoms with van der Waals surface area (Å²) in [5.74, 6) is -0.685. The third kappa shape index (κ3) is 6.80. The Labute approximate surface area is 201 Å². The van der Waals surface area contributed by atoms with E-state index in [2.05, 4.69) is 64.4 Å². The van der Waals surface area contributed by atoms with E-state index in [9.17, 15) is 9.59 Å². The van der Waals surface area contributed by atoms with Gasteiger partial charge in [0.2, 0.25) is 5.91 Å². The zero-order chi connectivity index (χ0) is 24.5. The van der Waals surface area contributed by atoms with Gasteiger partial charge in [-0.3, -0.25) is 9.59 Å². The lowest BCUT2D eigenvalue weighted by molar-refractivity contribution is -0.180. The van der Waals surface area contributed by atoms with Crippen molar-refractivity contribution >= 4 is 41.3 Å². The third-order valence-electron chi connectivity index (χ3n) is 7.30. The number of rotatable bonds is 13. The molecule has 11 heteroatoms. The molecule has 4 N–H and O–H groups in total. The topological polar surface area (TPSA) is 112 Å². The minimum Gasteiger partial charge on any atom is -0.409 e. The molecule has 0 aromatic rings. The van der Waals surface area contributed by atoms with E-state index in [-0.39, 0.29) is 12.5 Å². The van der Waals surface area contributed by atoms with Gasteiger partial charge in [-0.05, 0) is 36.3 Å². The summed E-state index contributed by atoms with van der Waals surface area (Å²) in [5, 5.41) is 2.94. The lowest BCUT2D eigenvalue weighted by atomic mass is 9.92. The van der Waals surface area contributed by atoms with Crippen LogP contribution in [0.5, 0.6) is 0 Å². The molecule has 1 heterocycles. The molecule has 8 nitrogen and oxygen atoms in total. The van der Waals surface area contributed by atoms with Crippen LogP contribution in [0, 0.1) is 0 Å². The number of ether oxygens (including phenoxy) is 1. The number of thiol groups is 1.